The van der Waals surface area contributed by atoms with Gasteiger partial charge in [0.1, 0.15) is 0 Å². The molecule has 0 aromatic heterocycles. The second-order valence-electron chi connectivity index (χ2n) is 7.08. The van der Waals surface area contributed by atoms with Gasteiger partial charge in [-0.15, -0.1) is 0 Å². The zero-order valence-corrected chi connectivity index (χ0v) is 14.6. The van der Waals surface area contributed by atoms with Crippen LogP contribution in [0.15, 0.2) is 36.4 Å². The van der Waals surface area contributed by atoms with E-state index in [0.717, 1.165) is 5.92 Å². The van der Waals surface area contributed by atoms with E-state index in [2.05, 4.69) is 43.3 Å². The molecule has 1 aromatic rings. The van der Waals surface area contributed by atoms with Crippen LogP contribution in [-0.4, -0.2) is 0 Å². The van der Waals surface area contributed by atoms with Crippen molar-refractivity contribution in [2.24, 2.45) is 11.8 Å². The van der Waals surface area contributed by atoms with Gasteiger partial charge in [0.25, 0.3) is 0 Å². The quantitative estimate of drug-likeness (QED) is 0.412. The second kappa shape index (κ2) is 10.3. The molecule has 0 saturated heterocycles. The third kappa shape index (κ3) is 6.61. The normalized spacial score (nSPS) is 21.4. The van der Waals surface area contributed by atoms with Crippen LogP contribution in [0.25, 0.3) is 0 Å². The summed E-state index contributed by atoms with van der Waals surface area (Å²) in [6.07, 6.45) is 16.7. The van der Waals surface area contributed by atoms with Crippen LogP contribution in [0.1, 0.15) is 69.4 Å². The van der Waals surface area contributed by atoms with Gasteiger partial charge in [0, 0.05) is 6.08 Å². The minimum Gasteiger partial charge on any atom is -0.193 e. The number of hydrogen-bond donors (Lipinski definition) is 0. The third-order valence-electron chi connectivity index (χ3n) is 5.27. The van der Waals surface area contributed by atoms with E-state index in [-0.39, 0.29) is 0 Å². The molecule has 1 heteroatoms. The summed E-state index contributed by atoms with van der Waals surface area (Å²) in [6.45, 7) is 2.26. The molecule has 0 unspecified atom stereocenters. The van der Waals surface area contributed by atoms with Crippen LogP contribution >= 0.6 is 0 Å². The molecule has 1 saturated carbocycles. The number of nitrogens with zero attached hydrogens (tertiary/aromatic N) is 1. The Bertz CT molecular complexity index is 498. The van der Waals surface area contributed by atoms with Crippen molar-refractivity contribution < 1.29 is 0 Å². The summed E-state index contributed by atoms with van der Waals surface area (Å²) >= 11 is 0. The van der Waals surface area contributed by atoms with Crippen molar-refractivity contribution in [2.75, 3.05) is 0 Å². The van der Waals surface area contributed by atoms with E-state index in [0.29, 0.717) is 5.92 Å². The fraction of sp³-hybridized carbons (Fsp3) is 0.591. The summed E-state index contributed by atoms with van der Waals surface area (Å²) in [5.41, 5.74) is 2.99. The first-order chi connectivity index (χ1) is 11.3. The number of aryl methyl sites for hydroxylation is 2. The summed E-state index contributed by atoms with van der Waals surface area (Å²) in [4.78, 5) is 0. The van der Waals surface area contributed by atoms with E-state index < -0.39 is 0 Å². The van der Waals surface area contributed by atoms with Crippen LogP contribution in [0, 0.1) is 23.2 Å². The van der Waals surface area contributed by atoms with Crippen molar-refractivity contribution in [1.82, 2.24) is 0 Å². The molecule has 1 aliphatic carbocycles. The predicted octanol–water partition coefficient (Wildman–Crippen LogP) is 6.24. The lowest BCUT2D eigenvalue weighted by atomic mass is 9.79. The van der Waals surface area contributed by atoms with Gasteiger partial charge in [-0.05, 0) is 74.3 Å². The Labute approximate surface area is 142 Å². The molecule has 0 radical (unpaired) electrons. The van der Waals surface area contributed by atoms with Gasteiger partial charge in [-0.25, -0.2) is 0 Å². The average Bonchev–Trinajstić information content (AvgIpc) is 2.60. The van der Waals surface area contributed by atoms with Gasteiger partial charge in [-0.3, -0.25) is 0 Å². The van der Waals surface area contributed by atoms with Gasteiger partial charge in [-0.2, -0.15) is 5.26 Å². The zero-order chi connectivity index (χ0) is 16.3. The lowest BCUT2D eigenvalue weighted by Gasteiger charge is -2.26. The monoisotopic (exact) mass is 309 g/mol. The Morgan fingerprint density at radius 2 is 1.65 bits per heavy atom. The first-order valence-corrected chi connectivity index (χ1v) is 9.46. The van der Waals surface area contributed by atoms with Gasteiger partial charge < -0.3 is 0 Å². The van der Waals surface area contributed by atoms with E-state index in [9.17, 15) is 0 Å². The third-order valence-corrected chi connectivity index (χ3v) is 5.27. The molecule has 0 N–H and O–H groups in total. The Morgan fingerprint density at radius 3 is 2.26 bits per heavy atom. The molecule has 0 atom stereocenters. The van der Waals surface area contributed by atoms with Crippen molar-refractivity contribution in [1.29, 1.82) is 5.26 Å². The maximum atomic E-state index is 8.60. The minimum atomic E-state index is 0.647. The molecule has 124 valence electrons. The lowest BCUT2D eigenvalue weighted by Crippen LogP contribution is -2.13. The predicted molar refractivity (Wildman–Crippen MR) is 98.2 cm³/mol. The summed E-state index contributed by atoms with van der Waals surface area (Å²) in [6, 6.07) is 11.4. The van der Waals surface area contributed by atoms with Crippen LogP contribution in [-0.2, 0) is 12.8 Å². The van der Waals surface area contributed by atoms with Crippen LogP contribution < -0.4 is 0 Å². The fourth-order valence-electron chi connectivity index (χ4n) is 3.67. The molecule has 1 aromatic carbocycles. The number of nitriles is 1. The number of rotatable bonds is 8. The highest BCUT2D eigenvalue weighted by atomic mass is 14.3. The summed E-state index contributed by atoms with van der Waals surface area (Å²) in [7, 11) is 0. The van der Waals surface area contributed by atoms with Crippen molar-refractivity contribution in [2.45, 2.75) is 71.1 Å². The van der Waals surface area contributed by atoms with Crippen LogP contribution in [0.3, 0.4) is 0 Å². The Kier molecular flexibility index (Phi) is 7.95. The zero-order valence-electron chi connectivity index (χ0n) is 14.6. The molecule has 23 heavy (non-hydrogen) atoms. The molecular formula is C22H31N. The number of hydrogen-bond acceptors (Lipinski definition) is 1. The molecule has 1 fully saturated rings. The van der Waals surface area contributed by atoms with E-state index in [4.69, 9.17) is 5.26 Å². The molecule has 0 amide bonds. The number of benzene rings is 1. The Balaban J connectivity index is 1.68. The lowest BCUT2D eigenvalue weighted by molar-refractivity contribution is 0.296. The number of unbranched alkanes of at least 4 members (excludes halogenated alkanes) is 2. The Hall–Kier alpha value is -1.55. The summed E-state index contributed by atoms with van der Waals surface area (Å²) in [5.74, 6) is 1.53. The largest absolute Gasteiger partial charge is 0.193 e. The van der Waals surface area contributed by atoms with Crippen LogP contribution in [0.4, 0.5) is 0 Å². The highest BCUT2D eigenvalue weighted by molar-refractivity contribution is 5.22. The van der Waals surface area contributed by atoms with Crippen molar-refractivity contribution in [3.63, 3.8) is 0 Å². The summed E-state index contributed by atoms with van der Waals surface area (Å²) < 4.78 is 0. The molecule has 2 rings (SSSR count). The van der Waals surface area contributed by atoms with E-state index >= 15 is 0 Å². The van der Waals surface area contributed by atoms with Gasteiger partial charge in [0.2, 0.25) is 0 Å². The SMILES string of the molecule is CCCCCc1ccc(CCC2CCC(/C=C/C#N)CC2)cc1. The first-order valence-electron chi connectivity index (χ1n) is 9.46. The molecule has 0 bridgehead atoms. The fourth-order valence-corrected chi connectivity index (χ4v) is 3.67. The maximum Gasteiger partial charge on any atom is 0.0908 e. The van der Waals surface area contributed by atoms with Gasteiger partial charge in [0.05, 0.1) is 6.07 Å². The van der Waals surface area contributed by atoms with E-state index in [1.165, 1.54) is 75.3 Å². The smallest absolute Gasteiger partial charge is 0.0908 e. The van der Waals surface area contributed by atoms with Gasteiger partial charge in [-0.1, -0.05) is 50.1 Å². The van der Waals surface area contributed by atoms with Crippen LogP contribution in [0.2, 0.25) is 0 Å². The molecule has 1 nitrogen and oxygen atoms in total. The highest BCUT2D eigenvalue weighted by Crippen LogP contribution is 2.32. The molecule has 0 spiro atoms. The first kappa shape index (κ1) is 17.8. The van der Waals surface area contributed by atoms with Crippen molar-refractivity contribution in [3.05, 3.63) is 47.5 Å². The minimum absolute atomic E-state index is 0.647. The molecular weight excluding hydrogens is 278 g/mol. The van der Waals surface area contributed by atoms with Crippen LogP contribution in [0.5, 0.6) is 0 Å². The van der Waals surface area contributed by atoms with Gasteiger partial charge in [0.15, 0.2) is 0 Å². The second-order valence-corrected chi connectivity index (χ2v) is 7.08. The molecule has 1 aliphatic rings. The molecule has 0 aliphatic heterocycles. The standard InChI is InChI=1S/C22H31N/c1-2-3-4-6-19-8-12-21(13-9-19)16-17-22-14-10-20(11-15-22)7-5-18-23/h5,7-9,12-13,20,22H,2-4,6,10-11,14-17H2,1H3/b7-5+. The Morgan fingerprint density at radius 1 is 1.00 bits per heavy atom. The van der Waals surface area contributed by atoms with Crippen molar-refractivity contribution >= 4 is 0 Å². The summed E-state index contributed by atoms with van der Waals surface area (Å²) in [5, 5.41) is 8.60. The molecule has 0 heterocycles. The van der Waals surface area contributed by atoms with E-state index in [1.807, 2.05) is 0 Å². The highest BCUT2D eigenvalue weighted by Gasteiger charge is 2.19. The van der Waals surface area contributed by atoms with Crippen molar-refractivity contribution in [3.8, 4) is 6.07 Å². The van der Waals surface area contributed by atoms with Gasteiger partial charge >= 0.3 is 0 Å². The van der Waals surface area contributed by atoms with E-state index in [1.54, 1.807) is 6.08 Å². The topological polar surface area (TPSA) is 23.8 Å². The maximum absolute atomic E-state index is 8.60. The average molecular weight is 309 g/mol. The number of allylic oxidation sites excluding steroid dienone is 2.